The monoisotopic (exact) mass is 330 g/mol. The highest BCUT2D eigenvalue weighted by molar-refractivity contribution is 9.10. The Bertz CT molecular complexity index is 525. The van der Waals surface area contributed by atoms with Crippen molar-refractivity contribution in [3.05, 3.63) is 68.1 Å². The van der Waals surface area contributed by atoms with Crippen molar-refractivity contribution < 1.29 is 5.11 Å². The summed E-state index contributed by atoms with van der Waals surface area (Å²) >= 11 is 15.3. The van der Waals surface area contributed by atoms with Crippen LogP contribution in [-0.2, 0) is 0 Å². The van der Waals surface area contributed by atoms with Gasteiger partial charge in [0.15, 0.2) is 0 Å². The maximum Gasteiger partial charge on any atom is 0.106 e. The van der Waals surface area contributed by atoms with Crippen molar-refractivity contribution in [1.82, 2.24) is 0 Å². The van der Waals surface area contributed by atoms with Gasteiger partial charge in [0.2, 0.25) is 0 Å². The molecule has 0 spiro atoms. The normalized spacial score (nSPS) is 12.5. The molecule has 1 N–H and O–H groups in total. The van der Waals surface area contributed by atoms with Gasteiger partial charge in [-0.3, -0.25) is 0 Å². The fourth-order valence-corrected chi connectivity index (χ4v) is 2.23. The van der Waals surface area contributed by atoms with Gasteiger partial charge in [-0.15, -0.1) is 0 Å². The predicted molar refractivity (Wildman–Crippen MR) is 74.7 cm³/mol. The number of aliphatic hydroxyl groups is 1. The number of benzene rings is 2. The van der Waals surface area contributed by atoms with Crippen LogP contribution >= 0.6 is 39.1 Å². The van der Waals surface area contributed by atoms with Crippen molar-refractivity contribution in [2.45, 2.75) is 6.10 Å². The van der Waals surface area contributed by atoms with E-state index < -0.39 is 6.10 Å². The first-order valence-electron chi connectivity index (χ1n) is 4.97. The van der Waals surface area contributed by atoms with Crippen LogP contribution in [0.25, 0.3) is 0 Å². The molecule has 2 rings (SSSR count). The van der Waals surface area contributed by atoms with Gasteiger partial charge < -0.3 is 5.11 Å². The van der Waals surface area contributed by atoms with Crippen LogP contribution in [0, 0.1) is 0 Å². The van der Waals surface area contributed by atoms with Crippen molar-refractivity contribution in [3.8, 4) is 0 Å². The largest absolute Gasteiger partial charge is 0.384 e. The molecule has 0 bridgehead atoms. The lowest BCUT2D eigenvalue weighted by Gasteiger charge is -2.13. The number of rotatable bonds is 2. The molecule has 1 unspecified atom stereocenters. The molecule has 0 aliphatic heterocycles. The van der Waals surface area contributed by atoms with Gasteiger partial charge in [-0.1, -0.05) is 63.4 Å². The first-order valence-corrected chi connectivity index (χ1v) is 6.52. The average Bonchev–Trinajstić information content (AvgIpc) is 2.33. The molecule has 17 heavy (non-hydrogen) atoms. The maximum absolute atomic E-state index is 10.2. The molecular weight excluding hydrogens is 323 g/mol. The van der Waals surface area contributed by atoms with Crippen LogP contribution in [0.5, 0.6) is 0 Å². The predicted octanol–water partition coefficient (Wildman–Crippen LogP) is 4.84. The Hall–Kier alpha value is -0.540. The molecule has 0 aliphatic rings. The number of hydrogen-bond acceptors (Lipinski definition) is 1. The van der Waals surface area contributed by atoms with Gasteiger partial charge in [0.05, 0.1) is 10.0 Å². The summed E-state index contributed by atoms with van der Waals surface area (Å²) in [5, 5.41) is 11.1. The van der Waals surface area contributed by atoms with Crippen LogP contribution in [0.3, 0.4) is 0 Å². The fraction of sp³-hybridized carbons (Fsp3) is 0.0769. The van der Waals surface area contributed by atoms with E-state index in [2.05, 4.69) is 15.9 Å². The van der Waals surface area contributed by atoms with Crippen LogP contribution in [-0.4, -0.2) is 5.11 Å². The maximum atomic E-state index is 10.2. The molecule has 0 amide bonds. The molecule has 0 fully saturated rings. The minimum absolute atomic E-state index is 0.393. The highest BCUT2D eigenvalue weighted by Crippen LogP contribution is 2.33. The van der Waals surface area contributed by atoms with Crippen LogP contribution < -0.4 is 0 Å². The zero-order chi connectivity index (χ0) is 12.4. The molecule has 0 aliphatic carbocycles. The van der Waals surface area contributed by atoms with Crippen molar-refractivity contribution in [3.63, 3.8) is 0 Å². The van der Waals surface area contributed by atoms with E-state index in [-0.39, 0.29) is 0 Å². The Morgan fingerprint density at radius 1 is 1.00 bits per heavy atom. The van der Waals surface area contributed by atoms with Gasteiger partial charge in [0, 0.05) is 10.0 Å². The topological polar surface area (TPSA) is 20.2 Å². The number of aliphatic hydroxyl groups excluding tert-OH is 1. The van der Waals surface area contributed by atoms with E-state index in [0.29, 0.717) is 15.6 Å². The first-order chi connectivity index (χ1) is 8.09. The van der Waals surface area contributed by atoms with Gasteiger partial charge in [-0.25, -0.2) is 0 Å². The lowest BCUT2D eigenvalue weighted by atomic mass is 10.0. The summed E-state index contributed by atoms with van der Waals surface area (Å²) < 4.78 is 0.964. The Morgan fingerprint density at radius 2 is 1.65 bits per heavy atom. The molecule has 1 nitrogen and oxygen atoms in total. The Kier molecular flexibility index (Phi) is 4.10. The van der Waals surface area contributed by atoms with Gasteiger partial charge in [-0.05, 0) is 23.8 Å². The molecule has 4 heteroatoms. The highest BCUT2D eigenvalue weighted by atomic mass is 79.9. The molecule has 2 aromatic carbocycles. The second-order valence-electron chi connectivity index (χ2n) is 3.60. The summed E-state index contributed by atoms with van der Waals surface area (Å²) in [5.74, 6) is 0. The molecular formula is C13H9BrCl2O. The third-order valence-electron chi connectivity index (χ3n) is 2.46. The summed E-state index contributed by atoms with van der Waals surface area (Å²) in [7, 11) is 0. The zero-order valence-corrected chi connectivity index (χ0v) is 11.8. The van der Waals surface area contributed by atoms with E-state index in [1.165, 1.54) is 0 Å². The second kappa shape index (κ2) is 5.40. The molecule has 2 aromatic rings. The van der Waals surface area contributed by atoms with Crippen molar-refractivity contribution in [2.24, 2.45) is 0 Å². The van der Waals surface area contributed by atoms with Gasteiger partial charge in [0.1, 0.15) is 6.10 Å². The van der Waals surface area contributed by atoms with Gasteiger partial charge >= 0.3 is 0 Å². The fourth-order valence-electron chi connectivity index (χ4n) is 1.56. The van der Waals surface area contributed by atoms with E-state index in [9.17, 15) is 5.11 Å². The van der Waals surface area contributed by atoms with Crippen molar-refractivity contribution in [2.75, 3.05) is 0 Å². The molecule has 1 atom stereocenters. The Balaban J connectivity index is 2.40. The molecule has 0 aromatic heterocycles. The van der Waals surface area contributed by atoms with E-state index in [1.807, 2.05) is 24.3 Å². The zero-order valence-electron chi connectivity index (χ0n) is 8.70. The Labute approximate surface area is 118 Å². The summed E-state index contributed by atoms with van der Waals surface area (Å²) in [6.07, 6.45) is -0.769. The lowest BCUT2D eigenvalue weighted by molar-refractivity contribution is 0.220. The smallest absolute Gasteiger partial charge is 0.106 e. The lowest BCUT2D eigenvalue weighted by Crippen LogP contribution is -2.00. The minimum Gasteiger partial charge on any atom is -0.384 e. The third-order valence-corrected chi connectivity index (χ3v) is 3.82. The van der Waals surface area contributed by atoms with Gasteiger partial charge in [0.25, 0.3) is 0 Å². The van der Waals surface area contributed by atoms with E-state index in [0.717, 1.165) is 10.0 Å². The van der Waals surface area contributed by atoms with Crippen LogP contribution in [0.1, 0.15) is 17.2 Å². The SMILES string of the molecule is OC(c1ccc(Br)cc1)c1cccc(Cl)c1Cl. The van der Waals surface area contributed by atoms with E-state index in [4.69, 9.17) is 23.2 Å². The summed E-state index contributed by atoms with van der Waals surface area (Å²) in [6.45, 7) is 0. The number of hydrogen-bond donors (Lipinski definition) is 1. The van der Waals surface area contributed by atoms with Gasteiger partial charge in [-0.2, -0.15) is 0 Å². The standard InChI is InChI=1S/C13H9BrCl2O/c14-9-6-4-8(5-7-9)13(17)10-2-1-3-11(15)12(10)16/h1-7,13,17H. The quantitative estimate of drug-likeness (QED) is 0.835. The number of halogens is 3. The molecule has 0 saturated heterocycles. The highest BCUT2D eigenvalue weighted by Gasteiger charge is 2.15. The first kappa shape index (κ1) is 12.9. The molecule has 88 valence electrons. The average molecular weight is 332 g/mol. The Morgan fingerprint density at radius 3 is 2.29 bits per heavy atom. The van der Waals surface area contributed by atoms with Crippen molar-refractivity contribution in [1.29, 1.82) is 0 Å². The summed E-state index contributed by atoms with van der Waals surface area (Å²) in [6, 6.07) is 12.7. The second-order valence-corrected chi connectivity index (χ2v) is 5.30. The molecule has 0 radical (unpaired) electrons. The van der Waals surface area contributed by atoms with Crippen LogP contribution in [0.4, 0.5) is 0 Å². The van der Waals surface area contributed by atoms with E-state index in [1.54, 1.807) is 18.2 Å². The van der Waals surface area contributed by atoms with Crippen LogP contribution in [0.2, 0.25) is 10.0 Å². The molecule has 0 saturated carbocycles. The van der Waals surface area contributed by atoms with Crippen LogP contribution in [0.15, 0.2) is 46.9 Å². The minimum atomic E-state index is -0.769. The van der Waals surface area contributed by atoms with E-state index >= 15 is 0 Å². The third kappa shape index (κ3) is 2.83. The summed E-state index contributed by atoms with van der Waals surface area (Å²) in [5.41, 5.74) is 1.39. The van der Waals surface area contributed by atoms with Crippen molar-refractivity contribution >= 4 is 39.1 Å². The molecule has 0 heterocycles. The summed E-state index contributed by atoms with van der Waals surface area (Å²) in [4.78, 5) is 0.